The average molecular weight is 340 g/mol. The van der Waals surface area contributed by atoms with Crippen molar-refractivity contribution in [1.29, 1.82) is 0 Å². The standard InChI is InChI=1S/C14H15Cl2N5O/c15-8-1-2-11(16)10(7-8)12-18-13(17)20-14(19-12)21-5-3-9(22)4-6-21/h1-2,7,9,22H,3-6H2,(H2,17,18,19,20). The molecule has 116 valence electrons. The van der Waals surface area contributed by atoms with Gasteiger partial charge in [0.2, 0.25) is 11.9 Å². The first-order chi connectivity index (χ1) is 10.5. The molecule has 0 saturated carbocycles. The van der Waals surface area contributed by atoms with E-state index >= 15 is 0 Å². The number of piperidine rings is 1. The molecule has 0 aliphatic carbocycles. The van der Waals surface area contributed by atoms with Crippen molar-refractivity contribution < 1.29 is 5.11 Å². The third-order valence-electron chi connectivity index (χ3n) is 3.56. The highest BCUT2D eigenvalue weighted by Gasteiger charge is 2.21. The zero-order valence-corrected chi connectivity index (χ0v) is 13.2. The molecule has 8 heteroatoms. The summed E-state index contributed by atoms with van der Waals surface area (Å²) in [6.45, 7) is 1.35. The Bertz CT molecular complexity index is 689. The monoisotopic (exact) mass is 339 g/mol. The van der Waals surface area contributed by atoms with Crippen LogP contribution in [0.2, 0.25) is 10.0 Å². The van der Waals surface area contributed by atoms with E-state index in [1.165, 1.54) is 0 Å². The molecular formula is C14H15Cl2N5O. The Morgan fingerprint density at radius 3 is 2.59 bits per heavy atom. The van der Waals surface area contributed by atoms with Gasteiger partial charge in [-0.1, -0.05) is 23.2 Å². The minimum absolute atomic E-state index is 0.127. The molecular weight excluding hydrogens is 325 g/mol. The Morgan fingerprint density at radius 1 is 1.14 bits per heavy atom. The summed E-state index contributed by atoms with van der Waals surface area (Å²) < 4.78 is 0. The predicted octanol–water partition coefficient (Wildman–Crippen LogP) is 2.39. The molecule has 0 unspecified atom stereocenters. The van der Waals surface area contributed by atoms with Gasteiger partial charge in [-0.2, -0.15) is 15.0 Å². The van der Waals surface area contributed by atoms with Crippen molar-refractivity contribution in [3.05, 3.63) is 28.2 Å². The van der Waals surface area contributed by atoms with Gasteiger partial charge in [-0.25, -0.2) is 0 Å². The van der Waals surface area contributed by atoms with Crippen LogP contribution >= 0.6 is 23.2 Å². The van der Waals surface area contributed by atoms with Gasteiger partial charge in [0.05, 0.1) is 11.1 Å². The summed E-state index contributed by atoms with van der Waals surface area (Å²) in [6, 6.07) is 5.09. The van der Waals surface area contributed by atoms with E-state index in [1.54, 1.807) is 18.2 Å². The smallest absolute Gasteiger partial charge is 0.230 e. The lowest BCUT2D eigenvalue weighted by molar-refractivity contribution is 0.145. The molecule has 1 saturated heterocycles. The maximum Gasteiger partial charge on any atom is 0.230 e. The van der Waals surface area contributed by atoms with Gasteiger partial charge < -0.3 is 15.7 Å². The third-order valence-corrected chi connectivity index (χ3v) is 4.12. The van der Waals surface area contributed by atoms with Crippen molar-refractivity contribution in [1.82, 2.24) is 15.0 Å². The molecule has 1 aromatic carbocycles. The van der Waals surface area contributed by atoms with Crippen LogP contribution in [0.5, 0.6) is 0 Å². The highest BCUT2D eigenvalue weighted by atomic mass is 35.5. The highest BCUT2D eigenvalue weighted by Crippen LogP contribution is 2.29. The van der Waals surface area contributed by atoms with E-state index < -0.39 is 0 Å². The first-order valence-electron chi connectivity index (χ1n) is 6.93. The topological polar surface area (TPSA) is 88.2 Å². The normalized spacial score (nSPS) is 16.0. The van der Waals surface area contributed by atoms with Crippen molar-refractivity contribution in [3.63, 3.8) is 0 Å². The lowest BCUT2D eigenvalue weighted by Crippen LogP contribution is -2.37. The Labute approximate surface area is 137 Å². The van der Waals surface area contributed by atoms with Crippen molar-refractivity contribution in [2.75, 3.05) is 23.7 Å². The molecule has 3 rings (SSSR count). The number of benzene rings is 1. The van der Waals surface area contributed by atoms with Crippen LogP contribution in [0.4, 0.5) is 11.9 Å². The minimum atomic E-state index is -0.266. The zero-order valence-electron chi connectivity index (χ0n) is 11.7. The number of aliphatic hydroxyl groups is 1. The molecule has 0 amide bonds. The number of nitrogens with two attached hydrogens (primary N) is 1. The van der Waals surface area contributed by atoms with Gasteiger partial charge in [-0.3, -0.25) is 0 Å². The summed E-state index contributed by atoms with van der Waals surface area (Å²) in [5, 5.41) is 10.6. The SMILES string of the molecule is Nc1nc(-c2cc(Cl)ccc2Cl)nc(N2CCC(O)CC2)n1. The minimum Gasteiger partial charge on any atom is -0.393 e. The molecule has 6 nitrogen and oxygen atoms in total. The molecule has 1 aromatic heterocycles. The number of rotatable bonds is 2. The second kappa shape index (κ2) is 6.24. The maximum atomic E-state index is 9.59. The summed E-state index contributed by atoms with van der Waals surface area (Å²) >= 11 is 12.2. The van der Waals surface area contributed by atoms with Gasteiger partial charge in [0.1, 0.15) is 0 Å². The summed E-state index contributed by atoms with van der Waals surface area (Å²) in [5.74, 6) is 1.01. The first-order valence-corrected chi connectivity index (χ1v) is 7.68. The van der Waals surface area contributed by atoms with Crippen LogP contribution in [0.25, 0.3) is 11.4 Å². The summed E-state index contributed by atoms with van der Waals surface area (Å²) in [6.07, 6.45) is 1.09. The number of hydrogen-bond donors (Lipinski definition) is 2. The van der Waals surface area contributed by atoms with E-state index in [9.17, 15) is 5.11 Å². The Morgan fingerprint density at radius 2 is 1.86 bits per heavy atom. The number of anilines is 2. The summed E-state index contributed by atoms with van der Waals surface area (Å²) in [5.41, 5.74) is 6.42. The molecule has 22 heavy (non-hydrogen) atoms. The van der Waals surface area contributed by atoms with E-state index in [0.29, 0.717) is 53.3 Å². The molecule has 0 spiro atoms. The summed E-state index contributed by atoms with van der Waals surface area (Å²) in [4.78, 5) is 14.8. The van der Waals surface area contributed by atoms with E-state index in [2.05, 4.69) is 15.0 Å². The average Bonchev–Trinajstić information content (AvgIpc) is 2.50. The van der Waals surface area contributed by atoms with Gasteiger partial charge in [-0.15, -0.1) is 0 Å². The second-order valence-electron chi connectivity index (χ2n) is 5.16. The third kappa shape index (κ3) is 3.24. The number of hydrogen-bond acceptors (Lipinski definition) is 6. The highest BCUT2D eigenvalue weighted by molar-refractivity contribution is 6.35. The number of aromatic nitrogens is 3. The fraction of sp³-hybridized carbons (Fsp3) is 0.357. The van der Waals surface area contributed by atoms with Gasteiger partial charge >= 0.3 is 0 Å². The molecule has 2 heterocycles. The van der Waals surface area contributed by atoms with Gasteiger partial charge in [0, 0.05) is 23.7 Å². The van der Waals surface area contributed by atoms with E-state index in [1.807, 2.05) is 4.90 Å². The molecule has 2 aromatic rings. The van der Waals surface area contributed by atoms with Crippen molar-refractivity contribution in [2.45, 2.75) is 18.9 Å². The van der Waals surface area contributed by atoms with Crippen LogP contribution in [0.1, 0.15) is 12.8 Å². The van der Waals surface area contributed by atoms with Crippen molar-refractivity contribution in [2.24, 2.45) is 0 Å². The molecule has 0 radical (unpaired) electrons. The van der Waals surface area contributed by atoms with Crippen molar-refractivity contribution in [3.8, 4) is 11.4 Å². The molecule has 1 fully saturated rings. The van der Waals surface area contributed by atoms with Crippen LogP contribution in [0.3, 0.4) is 0 Å². The Kier molecular flexibility index (Phi) is 4.33. The van der Waals surface area contributed by atoms with E-state index in [0.717, 1.165) is 0 Å². The molecule has 0 atom stereocenters. The van der Waals surface area contributed by atoms with Crippen molar-refractivity contribution >= 4 is 35.1 Å². The second-order valence-corrected chi connectivity index (χ2v) is 6.00. The van der Waals surface area contributed by atoms with Gasteiger partial charge in [0.25, 0.3) is 0 Å². The lowest BCUT2D eigenvalue weighted by Gasteiger charge is -2.29. The maximum absolute atomic E-state index is 9.59. The van der Waals surface area contributed by atoms with Crippen LogP contribution in [0.15, 0.2) is 18.2 Å². The number of halogens is 2. The van der Waals surface area contributed by atoms with Crippen LogP contribution in [-0.2, 0) is 0 Å². The number of nitrogen functional groups attached to an aromatic ring is 1. The predicted molar refractivity (Wildman–Crippen MR) is 87.1 cm³/mol. The fourth-order valence-corrected chi connectivity index (χ4v) is 2.75. The number of nitrogens with zero attached hydrogens (tertiary/aromatic N) is 4. The van der Waals surface area contributed by atoms with E-state index in [-0.39, 0.29) is 12.1 Å². The lowest BCUT2D eigenvalue weighted by atomic mass is 10.1. The molecule has 1 aliphatic rings. The molecule has 0 bridgehead atoms. The fourth-order valence-electron chi connectivity index (χ4n) is 2.38. The van der Waals surface area contributed by atoms with E-state index in [4.69, 9.17) is 28.9 Å². The first kappa shape index (κ1) is 15.3. The van der Waals surface area contributed by atoms with Crippen LogP contribution in [-0.4, -0.2) is 39.3 Å². The van der Waals surface area contributed by atoms with Gasteiger partial charge in [0.15, 0.2) is 5.82 Å². The Balaban J connectivity index is 1.98. The number of aliphatic hydroxyl groups excluding tert-OH is 1. The largest absolute Gasteiger partial charge is 0.393 e. The zero-order chi connectivity index (χ0) is 15.7. The van der Waals surface area contributed by atoms with Gasteiger partial charge in [-0.05, 0) is 31.0 Å². The Hall–Kier alpha value is -1.63. The molecule has 1 aliphatic heterocycles. The quantitative estimate of drug-likeness (QED) is 0.873. The summed E-state index contributed by atoms with van der Waals surface area (Å²) in [7, 11) is 0. The van der Waals surface area contributed by atoms with Crippen LogP contribution in [0, 0.1) is 0 Å². The van der Waals surface area contributed by atoms with Crippen LogP contribution < -0.4 is 10.6 Å². The molecule has 3 N–H and O–H groups in total.